The van der Waals surface area contributed by atoms with Crippen LogP contribution in [0.5, 0.6) is 11.5 Å². The van der Waals surface area contributed by atoms with E-state index in [9.17, 15) is 0 Å². The van der Waals surface area contributed by atoms with Gasteiger partial charge in [0.05, 0.1) is 4.47 Å². The molecule has 1 heterocycles. The topological polar surface area (TPSA) is 48.1 Å². The molecule has 0 aliphatic rings. The number of hydrogen-bond donors (Lipinski definition) is 1. The maximum absolute atomic E-state index is 5.93. The summed E-state index contributed by atoms with van der Waals surface area (Å²) in [6.07, 6.45) is 0. The van der Waals surface area contributed by atoms with E-state index in [0.29, 0.717) is 6.54 Å². The summed E-state index contributed by atoms with van der Waals surface area (Å²) in [4.78, 5) is 4.40. The van der Waals surface area contributed by atoms with E-state index in [0.717, 1.165) is 32.9 Å². The van der Waals surface area contributed by atoms with Crippen LogP contribution in [0.1, 0.15) is 17.0 Å². The van der Waals surface area contributed by atoms with Gasteiger partial charge in [0.2, 0.25) is 0 Å². The number of ether oxygens (including phenoxy) is 1. The Morgan fingerprint density at radius 1 is 1.22 bits per heavy atom. The average molecular weight is 307 g/mol. The molecule has 18 heavy (non-hydrogen) atoms. The summed E-state index contributed by atoms with van der Waals surface area (Å²) in [6, 6.07) is 9.65. The van der Waals surface area contributed by atoms with Crippen molar-refractivity contribution in [2.45, 2.75) is 20.4 Å². The van der Waals surface area contributed by atoms with E-state index in [1.807, 2.05) is 44.2 Å². The van der Waals surface area contributed by atoms with Crippen LogP contribution >= 0.6 is 15.9 Å². The average Bonchev–Trinajstić information content (AvgIpc) is 2.31. The molecule has 94 valence electrons. The maximum atomic E-state index is 5.93. The smallest absolute Gasteiger partial charge is 0.141 e. The van der Waals surface area contributed by atoms with Crippen molar-refractivity contribution in [3.05, 3.63) is 51.8 Å². The van der Waals surface area contributed by atoms with Crippen LogP contribution in [0.3, 0.4) is 0 Å². The van der Waals surface area contributed by atoms with Crippen molar-refractivity contribution < 1.29 is 4.74 Å². The summed E-state index contributed by atoms with van der Waals surface area (Å²) >= 11 is 3.47. The zero-order chi connectivity index (χ0) is 13.1. The second-order valence-corrected chi connectivity index (χ2v) is 4.92. The Balaban J connectivity index is 2.43. The predicted octanol–water partition coefficient (Wildman–Crippen LogP) is 3.71. The molecule has 0 spiro atoms. The third-order valence-corrected chi connectivity index (χ3v) is 3.33. The molecule has 4 heteroatoms. The first kappa shape index (κ1) is 13.1. The van der Waals surface area contributed by atoms with Gasteiger partial charge in [0.1, 0.15) is 11.5 Å². The maximum Gasteiger partial charge on any atom is 0.141 e. The first-order valence-corrected chi connectivity index (χ1v) is 6.50. The second kappa shape index (κ2) is 5.50. The van der Waals surface area contributed by atoms with Crippen molar-refractivity contribution in [3.63, 3.8) is 0 Å². The first-order valence-electron chi connectivity index (χ1n) is 5.71. The molecule has 0 aliphatic heterocycles. The molecular formula is C14H15BrN2O. The quantitative estimate of drug-likeness (QED) is 0.940. The Morgan fingerprint density at radius 3 is 2.61 bits per heavy atom. The van der Waals surface area contributed by atoms with Crippen LogP contribution in [0.2, 0.25) is 0 Å². The molecule has 0 amide bonds. The lowest BCUT2D eigenvalue weighted by Crippen LogP contribution is -2.05. The van der Waals surface area contributed by atoms with E-state index in [-0.39, 0.29) is 0 Å². The van der Waals surface area contributed by atoms with Gasteiger partial charge in [0, 0.05) is 29.6 Å². The summed E-state index contributed by atoms with van der Waals surface area (Å²) in [5.41, 5.74) is 8.54. The summed E-state index contributed by atoms with van der Waals surface area (Å²) in [5.74, 6) is 1.55. The molecule has 0 aliphatic carbocycles. The van der Waals surface area contributed by atoms with Gasteiger partial charge < -0.3 is 10.5 Å². The molecule has 0 saturated heterocycles. The number of nitrogens with two attached hydrogens (primary N) is 1. The molecular weight excluding hydrogens is 292 g/mol. The highest BCUT2D eigenvalue weighted by molar-refractivity contribution is 9.10. The number of hydrogen-bond acceptors (Lipinski definition) is 3. The summed E-state index contributed by atoms with van der Waals surface area (Å²) < 4.78 is 6.84. The minimum atomic E-state index is 0.416. The first-order chi connectivity index (χ1) is 8.61. The van der Waals surface area contributed by atoms with Crippen LogP contribution in [-0.2, 0) is 6.54 Å². The fourth-order valence-corrected chi connectivity index (χ4v) is 2.17. The molecule has 2 N–H and O–H groups in total. The van der Waals surface area contributed by atoms with Crippen molar-refractivity contribution in [2.24, 2.45) is 5.73 Å². The van der Waals surface area contributed by atoms with Gasteiger partial charge in [-0.15, -0.1) is 0 Å². The fraction of sp³-hybridized carbons (Fsp3) is 0.214. The molecule has 1 aromatic heterocycles. The number of halogens is 1. The number of pyridine rings is 1. The lowest BCUT2D eigenvalue weighted by Gasteiger charge is -2.13. The molecule has 0 radical (unpaired) electrons. The lowest BCUT2D eigenvalue weighted by atomic mass is 10.1. The molecule has 0 fully saturated rings. The normalized spacial score (nSPS) is 10.4. The number of aryl methyl sites for hydroxylation is 2. The van der Waals surface area contributed by atoms with Crippen molar-refractivity contribution in [1.82, 2.24) is 4.98 Å². The van der Waals surface area contributed by atoms with Crippen molar-refractivity contribution in [2.75, 3.05) is 0 Å². The van der Waals surface area contributed by atoms with Crippen LogP contribution in [0.25, 0.3) is 0 Å². The van der Waals surface area contributed by atoms with Crippen LogP contribution in [0.4, 0.5) is 0 Å². The van der Waals surface area contributed by atoms with Crippen LogP contribution < -0.4 is 10.5 Å². The zero-order valence-corrected chi connectivity index (χ0v) is 12.0. The van der Waals surface area contributed by atoms with Crippen molar-refractivity contribution in [3.8, 4) is 11.5 Å². The van der Waals surface area contributed by atoms with E-state index in [4.69, 9.17) is 10.5 Å². The highest BCUT2D eigenvalue weighted by Gasteiger charge is 2.10. The molecule has 0 atom stereocenters. The molecule has 1 aromatic carbocycles. The predicted molar refractivity (Wildman–Crippen MR) is 75.8 cm³/mol. The number of para-hydroxylation sites is 1. The SMILES string of the molecule is Cc1cc(Oc2ccccc2Br)c(CN)c(C)n1. The van der Waals surface area contributed by atoms with Gasteiger partial charge in [-0.3, -0.25) is 4.98 Å². The Kier molecular flexibility index (Phi) is 3.99. The zero-order valence-electron chi connectivity index (χ0n) is 10.4. The van der Waals surface area contributed by atoms with E-state index >= 15 is 0 Å². The molecule has 2 aromatic rings. The van der Waals surface area contributed by atoms with Crippen molar-refractivity contribution in [1.29, 1.82) is 0 Å². The van der Waals surface area contributed by atoms with Crippen molar-refractivity contribution >= 4 is 15.9 Å². The number of rotatable bonds is 3. The van der Waals surface area contributed by atoms with Gasteiger partial charge in [-0.1, -0.05) is 12.1 Å². The Hall–Kier alpha value is -1.39. The summed E-state index contributed by atoms with van der Waals surface area (Å²) in [7, 11) is 0. The lowest BCUT2D eigenvalue weighted by molar-refractivity contribution is 0.471. The van der Waals surface area contributed by atoms with E-state index in [2.05, 4.69) is 20.9 Å². The third-order valence-electron chi connectivity index (χ3n) is 2.68. The Bertz CT molecular complexity index is 570. The highest BCUT2D eigenvalue weighted by Crippen LogP contribution is 2.32. The van der Waals surface area contributed by atoms with E-state index < -0.39 is 0 Å². The Labute approximate surface area is 115 Å². The molecule has 2 rings (SSSR count). The summed E-state index contributed by atoms with van der Waals surface area (Å²) in [5, 5.41) is 0. The van der Waals surface area contributed by atoms with E-state index in [1.165, 1.54) is 0 Å². The largest absolute Gasteiger partial charge is 0.456 e. The number of benzene rings is 1. The minimum absolute atomic E-state index is 0.416. The number of nitrogens with zero attached hydrogens (tertiary/aromatic N) is 1. The highest BCUT2D eigenvalue weighted by atomic mass is 79.9. The van der Waals surface area contributed by atoms with E-state index in [1.54, 1.807) is 0 Å². The molecule has 0 bridgehead atoms. The van der Waals surface area contributed by atoms with Gasteiger partial charge in [-0.25, -0.2) is 0 Å². The monoisotopic (exact) mass is 306 g/mol. The van der Waals surface area contributed by atoms with Crippen LogP contribution in [-0.4, -0.2) is 4.98 Å². The van der Waals surface area contributed by atoms with Gasteiger partial charge in [0.25, 0.3) is 0 Å². The van der Waals surface area contributed by atoms with Gasteiger partial charge in [0.15, 0.2) is 0 Å². The minimum Gasteiger partial charge on any atom is -0.456 e. The second-order valence-electron chi connectivity index (χ2n) is 4.06. The number of aromatic nitrogens is 1. The fourth-order valence-electron chi connectivity index (χ4n) is 1.80. The molecule has 0 unspecified atom stereocenters. The van der Waals surface area contributed by atoms with Gasteiger partial charge in [-0.05, 0) is 41.9 Å². The third kappa shape index (κ3) is 2.71. The van der Waals surface area contributed by atoms with Crippen LogP contribution in [0.15, 0.2) is 34.8 Å². The Morgan fingerprint density at radius 2 is 1.94 bits per heavy atom. The van der Waals surface area contributed by atoms with Gasteiger partial charge in [-0.2, -0.15) is 0 Å². The molecule has 3 nitrogen and oxygen atoms in total. The molecule has 0 saturated carbocycles. The van der Waals surface area contributed by atoms with Gasteiger partial charge >= 0.3 is 0 Å². The summed E-state index contributed by atoms with van der Waals surface area (Å²) in [6.45, 7) is 4.31. The standard InChI is InChI=1S/C14H15BrN2O/c1-9-7-14(11(8-16)10(2)17-9)18-13-6-4-3-5-12(13)15/h3-7H,8,16H2,1-2H3. The van der Waals surface area contributed by atoms with Crippen LogP contribution in [0, 0.1) is 13.8 Å².